The molecule has 1 aromatic rings. The fourth-order valence-electron chi connectivity index (χ4n) is 1.49. The maximum Gasteiger partial charge on any atom is 0.303 e. The molecule has 0 bridgehead atoms. The van der Waals surface area contributed by atoms with Crippen molar-refractivity contribution >= 4 is 5.97 Å². The summed E-state index contributed by atoms with van der Waals surface area (Å²) in [5.41, 5.74) is 2.18. The summed E-state index contributed by atoms with van der Waals surface area (Å²) in [4.78, 5) is 10.5. The molecule has 4 nitrogen and oxygen atoms in total. The van der Waals surface area contributed by atoms with Crippen molar-refractivity contribution in [2.24, 2.45) is 7.05 Å². The highest BCUT2D eigenvalue weighted by atomic mass is 16.4. The van der Waals surface area contributed by atoms with Crippen molar-refractivity contribution in [3.8, 4) is 0 Å². The molecule has 0 saturated carbocycles. The molecule has 0 aliphatic heterocycles. The van der Waals surface area contributed by atoms with Gasteiger partial charge in [0, 0.05) is 19.2 Å². The van der Waals surface area contributed by atoms with Gasteiger partial charge >= 0.3 is 5.97 Å². The number of nitrogens with zero attached hydrogens (tertiary/aromatic N) is 2. The molecule has 0 fully saturated rings. The molecule has 0 amide bonds. The third-order valence-corrected chi connectivity index (χ3v) is 2.29. The normalized spacial score (nSPS) is 10.9. The third kappa shape index (κ3) is 2.34. The Morgan fingerprint density at radius 1 is 1.64 bits per heavy atom. The van der Waals surface area contributed by atoms with E-state index in [0.717, 1.165) is 11.3 Å². The Morgan fingerprint density at radius 3 is 2.79 bits per heavy atom. The number of carboxylic acids is 1. The van der Waals surface area contributed by atoms with Crippen molar-refractivity contribution in [3.05, 3.63) is 17.5 Å². The summed E-state index contributed by atoms with van der Waals surface area (Å²) in [6.07, 6.45) is 2.54. The average Bonchev–Trinajstić information content (AvgIpc) is 2.43. The second-order valence-electron chi connectivity index (χ2n) is 3.72. The first-order valence-electron chi connectivity index (χ1n) is 4.75. The van der Waals surface area contributed by atoms with Gasteiger partial charge < -0.3 is 5.11 Å². The molecule has 4 heteroatoms. The Kier molecular flexibility index (Phi) is 3.28. The van der Waals surface area contributed by atoms with Crippen molar-refractivity contribution in [1.82, 2.24) is 9.78 Å². The van der Waals surface area contributed by atoms with E-state index in [2.05, 4.69) is 18.9 Å². The second kappa shape index (κ2) is 4.26. The summed E-state index contributed by atoms with van der Waals surface area (Å²) in [5, 5.41) is 12.7. The molecule has 0 saturated heterocycles. The molecule has 0 aliphatic carbocycles. The highest BCUT2D eigenvalue weighted by Gasteiger charge is 2.12. The number of carboxylic acid groups (broad SMARTS) is 1. The lowest BCUT2D eigenvalue weighted by atomic mass is 10.0. The van der Waals surface area contributed by atoms with E-state index >= 15 is 0 Å². The van der Waals surface area contributed by atoms with E-state index in [1.807, 2.05) is 13.2 Å². The predicted octanol–water partition coefficient (Wildman–Crippen LogP) is 1.56. The van der Waals surface area contributed by atoms with E-state index in [1.54, 1.807) is 4.68 Å². The first-order chi connectivity index (χ1) is 6.52. The number of aromatic nitrogens is 2. The molecule has 1 aromatic heterocycles. The van der Waals surface area contributed by atoms with Crippen LogP contribution in [0.5, 0.6) is 0 Å². The van der Waals surface area contributed by atoms with Gasteiger partial charge in [-0.1, -0.05) is 13.8 Å². The van der Waals surface area contributed by atoms with Crippen LogP contribution in [-0.2, 0) is 18.3 Å². The fraction of sp³-hybridized carbons (Fsp3) is 0.600. The van der Waals surface area contributed by atoms with E-state index in [-0.39, 0.29) is 6.42 Å². The fourth-order valence-corrected chi connectivity index (χ4v) is 1.49. The summed E-state index contributed by atoms with van der Waals surface area (Å²) in [6, 6.07) is 0. The number of aliphatic carboxylic acids is 1. The monoisotopic (exact) mass is 196 g/mol. The quantitative estimate of drug-likeness (QED) is 0.795. The Bertz CT molecular complexity index is 329. The third-order valence-electron chi connectivity index (χ3n) is 2.29. The molecule has 1 rings (SSSR count). The Hall–Kier alpha value is -1.32. The van der Waals surface area contributed by atoms with Crippen LogP contribution >= 0.6 is 0 Å². The van der Waals surface area contributed by atoms with Crippen LogP contribution in [-0.4, -0.2) is 20.9 Å². The summed E-state index contributed by atoms with van der Waals surface area (Å²) in [6.45, 7) is 4.17. The molecular formula is C10H16N2O2. The van der Waals surface area contributed by atoms with Crippen molar-refractivity contribution < 1.29 is 9.90 Å². The Balaban J connectivity index is 2.82. The maximum atomic E-state index is 10.5. The van der Waals surface area contributed by atoms with Crippen molar-refractivity contribution in [1.29, 1.82) is 0 Å². The molecule has 14 heavy (non-hydrogen) atoms. The molecule has 0 atom stereocenters. The van der Waals surface area contributed by atoms with Gasteiger partial charge in [0.2, 0.25) is 0 Å². The van der Waals surface area contributed by atoms with Gasteiger partial charge in [0.15, 0.2) is 0 Å². The average molecular weight is 196 g/mol. The summed E-state index contributed by atoms with van der Waals surface area (Å²) in [7, 11) is 1.85. The van der Waals surface area contributed by atoms with E-state index in [1.165, 1.54) is 0 Å². The molecule has 0 aromatic carbocycles. The second-order valence-corrected chi connectivity index (χ2v) is 3.72. The number of carbonyl (C=O) groups is 1. The van der Waals surface area contributed by atoms with Crippen LogP contribution in [0.3, 0.4) is 0 Å². The van der Waals surface area contributed by atoms with Gasteiger partial charge in [-0.05, 0) is 11.5 Å². The van der Waals surface area contributed by atoms with Crippen LogP contribution in [0.4, 0.5) is 0 Å². The van der Waals surface area contributed by atoms with Crippen molar-refractivity contribution in [3.63, 3.8) is 0 Å². The van der Waals surface area contributed by atoms with E-state index in [0.29, 0.717) is 12.3 Å². The number of hydrogen-bond acceptors (Lipinski definition) is 2. The molecule has 0 aliphatic rings. The minimum atomic E-state index is -0.763. The van der Waals surface area contributed by atoms with Crippen LogP contribution in [0, 0.1) is 0 Å². The van der Waals surface area contributed by atoms with Gasteiger partial charge in [-0.15, -0.1) is 0 Å². The zero-order chi connectivity index (χ0) is 10.7. The van der Waals surface area contributed by atoms with Gasteiger partial charge in [0.05, 0.1) is 12.6 Å². The summed E-state index contributed by atoms with van der Waals surface area (Å²) >= 11 is 0. The van der Waals surface area contributed by atoms with Crippen LogP contribution in [0.25, 0.3) is 0 Å². The minimum absolute atomic E-state index is 0.166. The highest BCUT2D eigenvalue weighted by Crippen LogP contribution is 2.19. The molecule has 0 spiro atoms. The molecule has 1 heterocycles. The lowest BCUT2D eigenvalue weighted by Crippen LogP contribution is -2.05. The molecule has 78 valence electrons. The highest BCUT2D eigenvalue weighted by molar-refractivity contribution is 5.67. The standard InChI is InChI=1S/C10H16N2O2/c1-7(2)8-6-11-12(3)9(8)4-5-10(13)14/h6-7H,4-5H2,1-3H3,(H,13,14). The van der Waals surface area contributed by atoms with Crippen molar-refractivity contribution in [2.75, 3.05) is 0 Å². The first kappa shape index (κ1) is 10.8. The first-order valence-corrected chi connectivity index (χ1v) is 4.75. The van der Waals surface area contributed by atoms with Gasteiger partial charge in [0.1, 0.15) is 0 Å². The largest absolute Gasteiger partial charge is 0.481 e. The van der Waals surface area contributed by atoms with Gasteiger partial charge in [-0.25, -0.2) is 0 Å². The zero-order valence-corrected chi connectivity index (χ0v) is 8.82. The van der Waals surface area contributed by atoms with E-state index in [4.69, 9.17) is 5.11 Å². The van der Waals surface area contributed by atoms with Gasteiger partial charge in [-0.3, -0.25) is 9.48 Å². The van der Waals surface area contributed by atoms with Crippen LogP contribution < -0.4 is 0 Å². The van der Waals surface area contributed by atoms with Crippen LogP contribution in [0.15, 0.2) is 6.20 Å². The maximum absolute atomic E-state index is 10.5. The predicted molar refractivity (Wildman–Crippen MR) is 53.3 cm³/mol. The SMILES string of the molecule is CC(C)c1cnn(C)c1CCC(=O)O. The van der Waals surface area contributed by atoms with E-state index in [9.17, 15) is 4.79 Å². The number of aryl methyl sites for hydroxylation is 1. The molecular weight excluding hydrogens is 180 g/mol. The molecule has 0 radical (unpaired) electrons. The van der Waals surface area contributed by atoms with E-state index < -0.39 is 5.97 Å². The smallest absolute Gasteiger partial charge is 0.303 e. The van der Waals surface area contributed by atoms with Gasteiger partial charge in [0.25, 0.3) is 0 Å². The van der Waals surface area contributed by atoms with Crippen LogP contribution in [0.2, 0.25) is 0 Å². The lowest BCUT2D eigenvalue weighted by molar-refractivity contribution is -0.136. The van der Waals surface area contributed by atoms with Gasteiger partial charge in [-0.2, -0.15) is 5.10 Å². The number of rotatable bonds is 4. The Morgan fingerprint density at radius 2 is 2.29 bits per heavy atom. The van der Waals surface area contributed by atoms with Crippen molar-refractivity contribution in [2.45, 2.75) is 32.6 Å². The number of hydrogen-bond donors (Lipinski definition) is 1. The summed E-state index contributed by atoms with van der Waals surface area (Å²) in [5.74, 6) is -0.367. The van der Waals surface area contributed by atoms with Crippen LogP contribution in [0.1, 0.15) is 37.4 Å². The topological polar surface area (TPSA) is 55.1 Å². The molecule has 0 unspecified atom stereocenters. The zero-order valence-electron chi connectivity index (χ0n) is 8.82. The lowest BCUT2D eigenvalue weighted by Gasteiger charge is -2.07. The Labute approximate surface area is 83.5 Å². The molecule has 1 N–H and O–H groups in total. The summed E-state index contributed by atoms with van der Waals surface area (Å²) < 4.78 is 1.76. The minimum Gasteiger partial charge on any atom is -0.481 e.